The number of ether oxygens (including phenoxy) is 2. The molecule has 0 spiro atoms. The van der Waals surface area contributed by atoms with Gasteiger partial charge in [-0.15, -0.1) is 0 Å². The minimum Gasteiger partial charge on any atom is -0.469 e. The van der Waals surface area contributed by atoms with E-state index in [4.69, 9.17) is 9.47 Å². The number of carbonyl (C=O) groups is 2. The van der Waals surface area contributed by atoms with Crippen LogP contribution in [0, 0.1) is 18.8 Å². The molecule has 0 unspecified atom stereocenters. The van der Waals surface area contributed by atoms with Crippen LogP contribution in [0.3, 0.4) is 0 Å². The van der Waals surface area contributed by atoms with Crippen molar-refractivity contribution >= 4 is 42.4 Å². The van der Waals surface area contributed by atoms with E-state index in [0.29, 0.717) is 5.56 Å². The fraction of sp³-hybridized carbons (Fsp3) is 0.226. The van der Waals surface area contributed by atoms with Gasteiger partial charge in [0, 0.05) is 10.8 Å². The summed E-state index contributed by atoms with van der Waals surface area (Å²) < 4.78 is 67.4. The molecule has 0 bridgehead atoms. The second-order valence-electron chi connectivity index (χ2n) is 9.91. The van der Waals surface area contributed by atoms with E-state index in [-0.39, 0.29) is 54.3 Å². The maximum Gasteiger partial charge on any atom is 0.309 e. The third-order valence-corrected chi connectivity index (χ3v) is 11.4. The summed E-state index contributed by atoms with van der Waals surface area (Å²) in [5.41, 5.74) is 0.909. The topological polar surface area (TPSA) is 121 Å². The number of hydrogen-bond acceptors (Lipinski definition) is 8. The van der Waals surface area contributed by atoms with Gasteiger partial charge in [0.05, 0.1) is 45.6 Å². The lowest BCUT2D eigenvalue weighted by molar-refractivity contribution is -0.158. The molecule has 0 fully saturated rings. The van der Waals surface area contributed by atoms with Crippen molar-refractivity contribution in [2.75, 3.05) is 14.2 Å². The third-order valence-electron chi connectivity index (χ3n) is 7.64. The molecule has 0 radical (unpaired) electrons. The van der Waals surface area contributed by atoms with Crippen molar-refractivity contribution < 1.29 is 35.9 Å². The molecule has 4 aromatic rings. The lowest BCUT2D eigenvalue weighted by Crippen LogP contribution is -2.39. The van der Waals surface area contributed by atoms with E-state index in [1.54, 1.807) is 61.5 Å². The van der Waals surface area contributed by atoms with Crippen LogP contribution in [-0.4, -0.2) is 43.0 Å². The van der Waals surface area contributed by atoms with E-state index in [1.165, 1.54) is 38.5 Å². The minimum absolute atomic E-state index is 0.0217. The Labute approximate surface area is 238 Å². The number of methoxy groups -OCH3 is 2. The number of fused-ring (bicyclic) bond motifs is 2. The molecule has 0 heterocycles. The summed E-state index contributed by atoms with van der Waals surface area (Å²) in [4.78, 5) is 25.8. The lowest BCUT2D eigenvalue weighted by atomic mass is 9.74. The third kappa shape index (κ3) is 4.70. The van der Waals surface area contributed by atoms with Crippen LogP contribution in [0.4, 0.5) is 0 Å². The van der Waals surface area contributed by atoms with E-state index in [2.05, 4.69) is 0 Å². The molecule has 1 aliphatic carbocycles. The standard InChI is InChI=1S/C31H28O8S2/c1-19-11-10-16-22-27(19)29(41(36,37)21-14-8-5-9-15-21)24-18-26(31(33)39-3)25(30(32)38-2)17-23(24)28(22)40(34,35)20-12-6-4-7-13-20/h4-16,25-26H,17-18H2,1-3H3/t25-,26-/m1/s1. The van der Waals surface area contributed by atoms with Gasteiger partial charge in [-0.25, -0.2) is 16.8 Å². The van der Waals surface area contributed by atoms with Crippen LogP contribution in [0.15, 0.2) is 98.4 Å². The first-order chi connectivity index (χ1) is 19.5. The minimum atomic E-state index is -4.22. The van der Waals surface area contributed by atoms with Crippen LogP contribution in [0.5, 0.6) is 0 Å². The van der Waals surface area contributed by atoms with E-state index in [9.17, 15) is 26.4 Å². The number of hydrogen-bond donors (Lipinski definition) is 0. The Morgan fingerprint density at radius 3 is 1.54 bits per heavy atom. The van der Waals surface area contributed by atoms with Crippen LogP contribution < -0.4 is 0 Å². The zero-order valence-corrected chi connectivity index (χ0v) is 24.3. The number of rotatable bonds is 6. The van der Waals surface area contributed by atoms with Crippen molar-refractivity contribution in [1.82, 2.24) is 0 Å². The maximum absolute atomic E-state index is 14.4. The molecule has 4 aromatic carbocycles. The largest absolute Gasteiger partial charge is 0.469 e. The Hall–Kier alpha value is -4.02. The smallest absolute Gasteiger partial charge is 0.309 e. The Kier molecular flexibility index (Phi) is 7.48. The second kappa shape index (κ2) is 10.8. The summed E-state index contributed by atoms with van der Waals surface area (Å²) in [6, 6.07) is 20.7. The van der Waals surface area contributed by atoms with Crippen molar-refractivity contribution in [1.29, 1.82) is 0 Å². The molecule has 0 N–H and O–H groups in total. The van der Waals surface area contributed by atoms with Crippen molar-refractivity contribution in [3.63, 3.8) is 0 Å². The molecular formula is C31H28O8S2. The molecule has 5 rings (SSSR count). The Morgan fingerprint density at radius 1 is 0.634 bits per heavy atom. The Balaban J connectivity index is 1.99. The molecule has 0 saturated heterocycles. The number of aryl methyl sites for hydroxylation is 1. The van der Waals surface area contributed by atoms with E-state index in [1.807, 2.05) is 0 Å². The summed E-state index contributed by atoms with van der Waals surface area (Å²) >= 11 is 0. The molecule has 0 saturated carbocycles. The van der Waals surface area contributed by atoms with Gasteiger partial charge in [-0.1, -0.05) is 54.6 Å². The quantitative estimate of drug-likeness (QED) is 0.300. The van der Waals surface area contributed by atoms with Gasteiger partial charge in [-0.05, 0) is 60.7 Å². The summed E-state index contributed by atoms with van der Waals surface area (Å²) in [6.45, 7) is 1.72. The van der Waals surface area contributed by atoms with Gasteiger partial charge in [0.2, 0.25) is 19.7 Å². The van der Waals surface area contributed by atoms with Gasteiger partial charge >= 0.3 is 11.9 Å². The molecule has 1 aliphatic rings. The number of benzene rings is 4. The summed E-state index contributed by atoms with van der Waals surface area (Å²) in [5, 5.41) is 0.479. The van der Waals surface area contributed by atoms with Gasteiger partial charge in [-0.3, -0.25) is 9.59 Å². The highest BCUT2D eigenvalue weighted by atomic mass is 32.2. The first-order valence-corrected chi connectivity index (χ1v) is 15.8. The number of esters is 2. The van der Waals surface area contributed by atoms with Gasteiger partial charge in [0.15, 0.2) is 0 Å². The summed E-state index contributed by atoms with van der Waals surface area (Å²) in [5.74, 6) is -3.60. The molecule has 0 amide bonds. The SMILES string of the molecule is COC(=O)[C@@H]1Cc2c(c(S(=O)(=O)c3ccccc3)c3c(C)cccc3c2S(=O)(=O)c2ccccc2)C[C@H]1C(=O)OC. The highest BCUT2D eigenvalue weighted by Gasteiger charge is 2.45. The predicted octanol–water partition coefficient (Wildman–Crippen LogP) is 4.49. The highest BCUT2D eigenvalue weighted by Crippen LogP contribution is 2.46. The average Bonchev–Trinajstić information content (AvgIpc) is 2.99. The zero-order valence-electron chi connectivity index (χ0n) is 22.7. The molecule has 212 valence electrons. The summed E-state index contributed by atoms with van der Waals surface area (Å²) in [6.07, 6.45) is -0.463. The number of carbonyl (C=O) groups excluding carboxylic acids is 2. The first-order valence-electron chi connectivity index (χ1n) is 12.9. The fourth-order valence-electron chi connectivity index (χ4n) is 5.74. The van der Waals surface area contributed by atoms with Gasteiger partial charge in [0.1, 0.15) is 0 Å². The van der Waals surface area contributed by atoms with Crippen LogP contribution in [0.1, 0.15) is 16.7 Å². The molecule has 8 nitrogen and oxygen atoms in total. The van der Waals surface area contributed by atoms with Crippen LogP contribution >= 0.6 is 0 Å². The van der Waals surface area contributed by atoms with Crippen molar-refractivity contribution in [3.05, 3.63) is 95.6 Å². The molecule has 41 heavy (non-hydrogen) atoms. The van der Waals surface area contributed by atoms with Gasteiger partial charge in [-0.2, -0.15) is 0 Å². The van der Waals surface area contributed by atoms with Crippen LogP contribution in [-0.2, 0) is 51.6 Å². The van der Waals surface area contributed by atoms with Crippen molar-refractivity contribution in [2.45, 2.75) is 39.3 Å². The Bertz CT molecular complexity index is 1880. The second-order valence-corrected chi connectivity index (χ2v) is 13.7. The van der Waals surface area contributed by atoms with Crippen molar-refractivity contribution in [2.24, 2.45) is 11.8 Å². The average molecular weight is 593 g/mol. The van der Waals surface area contributed by atoms with E-state index >= 15 is 0 Å². The van der Waals surface area contributed by atoms with Gasteiger partial charge in [0.25, 0.3) is 0 Å². The predicted molar refractivity (Wildman–Crippen MR) is 151 cm³/mol. The summed E-state index contributed by atoms with van der Waals surface area (Å²) in [7, 11) is -6.06. The van der Waals surface area contributed by atoms with Crippen molar-refractivity contribution in [3.8, 4) is 0 Å². The van der Waals surface area contributed by atoms with E-state index < -0.39 is 43.4 Å². The molecule has 0 aromatic heterocycles. The van der Waals surface area contributed by atoms with E-state index in [0.717, 1.165) is 0 Å². The first kappa shape index (κ1) is 28.5. The molecule has 0 aliphatic heterocycles. The van der Waals surface area contributed by atoms with Gasteiger partial charge < -0.3 is 9.47 Å². The maximum atomic E-state index is 14.4. The Morgan fingerprint density at radius 2 is 1.07 bits per heavy atom. The highest BCUT2D eigenvalue weighted by molar-refractivity contribution is 7.92. The molecular weight excluding hydrogens is 564 g/mol. The fourth-order valence-corrected chi connectivity index (χ4v) is 9.30. The number of sulfone groups is 2. The molecule has 10 heteroatoms. The lowest BCUT2D eigenvalue weighted by Gasteiger charge is -2.33. The normalized spacial score (nSPS) is 17.0. The van der Waals surface area contributed by atoms with Crippen LogP contribution in [0.2, 0.25) is 0 Å². The zero-order chi connectivity index (χ0) is 29.5. The molecule has 2 atom stereocenters. The van der Waals surface area contributed by atoms with Crippen LogP contribution in [0.25, 0.3) is 10.8 Å². The monoisotopic (exact) mass is 592 g/mol.